The predicted octanol–water partition coefficient (Wildman–Crippen LogP) is 2.54. The van der Waals surface area contributed by atoms with E-state index in [1.165, 1.54) is 11.1 Å². The number of aryl methyl sites for hydroxylation is 2. The summed E-state index contributed by atoms with van der Waals surface area (Å²) in [4.78, 5) is 14.7. The molecule has 0 fully saturated rings. The minimum absolute atomic E-state index is 0.0531. The molecule has 1 aromatic heterocycles. The summed E-state index contributed by atoms with van der Waals surface area (Å²) in [5.74, 6) is 1.58. The maximum Gasteiger partial charge on any atom is 0.220 e. The highest BCUT2D eigenvalue weighted by molar-refractivity contribution is 5.76. The summed E-state index contributed by atoms with van der Waals surface area (Å²) in [6.07, 6.45) is 2.49. The first kappa shape index (κ1) is 23.6. The minimum atomic E-state index is 0.0531. The van der Waals surface area contributed by atoms with Crippen LogP contribution in [0, 0.1) is 25.2 Å². The maximum atomic E-state index is 12.4. The van der Waals surface area contributed by atoms with Crippen LogP contribution in [0.5, 0.6) is 11.5 Å². The van der Waals surface area contributed by atoms with Crippen LogP contribution in [0.1, 0.15) is 40.9 Å². The summed E-state index contributed by atoms with van der Waals surface area (Å²) in [5.41, 5.74) is 5.63. The van der Waals surface area contributed by atoms with E-state index in [0.717, 1.165) is 54.5 Å². The number of nitrogens with zero attached hydrogens (tertiary/aromatic N) is 4. The molecule has 8 heteroatoms. The molecule has 1 N–H and O–H groups in total. The van der Waals surface area contributed by atoms with Gasteiger partial charge in [-0.05, 0) is 55.5 Å². The Kier molecular flexibility index (Phi) is 8.12. The van der Waals surface area contributed by atoms with Crippen LogP contribution in [-0.4, -0.2) is 54.4 Å². The molecule has 1 aliphatic heterocycles. The van der Waals surface area contributed by atoms with E-state index < -0.39 is 0 Å². The fourth-order valence-electron chi connectivity index (χ4n) is 4.28. The van der Waals surface area contributed by atoms with E-state index in [1.807, 2.05) is 18.5 Å². The highest BCUT2D eigenvalue weighted by Gasteiger charge is 2.19. The SMILES string of the molecule is COc1cc2c(cc1OC)CN(CCNC(=O)CCc1c(C)nn(CCC#N)c1C)CC2. The molecule has 2 aromatic rings. The molecule has 0 aliphatic carbocycles. The summed E-state index contributed by atoms with van der Waals surface area (Å²) >= 11 is 0. The Morgan fingerprint density at radius 3 is 2.59 bits per heavy atom. The van der Waals surface area contributed by atoms with Crippen molar-refractivity contribution in [1.29, 1.82) is 5.26 Å². The van der Waals surface area contributed by atoms with Gasteiger partial charge in [-0.2, -0.15) is 10.4 Å². The van der Waals surface area contributed by atoms with Gasteiger partial charge in [-0.3, -0.25) is 14.4 Å². The summed E-state index contributed by atoms with van der Waals surface area (Å²) in [6, 6.07) is 6.27. The number of nitriles is 1. The first-order valence-corrected chi connectivity index (χ1v) is 11.1. The summed E-state index contributed by atoms with van der Waals surface area (Å²) < 4.78 is 12.7. The molecular formula is C24H33N5O3. The lowest BCUT2D eigenvalue weighted by Crippen LogP contribution is -2.37. The number of aromatic nitrogens is 2. The fourth-order valence-corrected chi connectivity index (χ4v) is 4.28. The number of rotatable bonds is 10. The average molecular weight is 440 g/mol. The van der Waals surface area contributed by atoms with Crippen molar-refractivity contribution in [2.24, 2.45) is 0 Å². The molecule has 0 radical (unpaired) electrons. The number of methoxy groups -OCH3 is 2. The van der Waals surface area contributed by atoms with Crippen molar-refractivity contribution < 1.29 is 14.3 Å². The molecule has 0 unspecified atom stereocenters. The van der Waals surface area contributed by atoms with Crippen molar-refractivity contribution in [1.82, 2.24) is 20.0 Å². The van der Waals surface area contributed by atoms with Crippen molar-refractivity contribution in [3.63, 3.8) is 0 Å². The molecule has 0 spiro atoms. The lowest BCUT2D eigenvalue weighted by atomic mass is 9.99. The van der Waals surface area contributed by atoms with E-state index in [9.17, 15) is 4.79 Å². The molecule has 32 heavy (non-hydrogen) atoms. The monoisotopic (exact) mass is 439 g/mol. The normalized spacial score (nSPS) is 13.3. The van der Waals surface area contributed by atoms with Crippen LogP contribution in [-0.2, 0) is 30.7 Å². The van der Waals surface area contributed by atoms with Crippen molar-refractivity contribution >= 4 is 5.91 Å². The topological polar surface area (TPSA) is 92.4 Å². The van der Waals surface area contributed by atoms with Crippen LogP contribution in [0.3, 0.4) is 0 Å². The van der Waals surface area contributed by atoms with E-state index in [1.54, 1.807) is 14.2 Å². The van der Waals surface area contributed by atoms with Gasteiger partial charge >= 0.3 is 0 Å². The third kappa shape index (κ3) is 5.60. The Bertz CT molecular complexity index is 992. The Labute approximate surface area is 190 Å². The van der Waals surface area contributed by atoms with Gasteiger partial charge in [0.05, 0.1) is 38.9 Å². The van der Waals surface area contributed by atoms with Crippen LogP contribution >= 0.6 is 0 Å². The molecule has 0 bridgehead atoms. The Morgan fingerprint density at radius 2 is 1.91 bits per heavy atom. The van der Waals surface area contributed by atoms with Gasteiger partial charge in [0.1, 0.15) is 0 Å². The van der Waals surface area contributed by atoms with Gasteiger partial charge in [-0.25, -0.2) is 0 Å². The lowest BCUT2D eigenvalue weighted by molar-refractivity contribution is -0.121. The standard InChI is InChI=1S/C24H33N5O3/c1-17-21(18(2)29(27-17)11-5-9-25)6-7-24(30)26-10-13-28-12-8-19-14-22(31-3)23(32-4)15-20(19)16-28/h14-15H,5-8,10-13,16H2,1-4H3,(H,26,30). The van der Waals surface area contributed by atoms with Gasteiger partial charge in [0.2, 0.25) is 5.91 Å². The molecular weight excluding hydrogens is 406 g/mol. The third-order valence-corrected chi connectivity index (χ3v) is 6.12. The van der Waals surface area contributed by atoms with E-state index in [4.69, 9.17) is 14.7 Å². The number of nitrogens with one attached hydrogen (secondary N) is 1. The van der Waals surface area contributed by atoms with Crippen molar-refractivity contribution in [3.8, 4) is 17.6 Å². The lowest BCUT2D eigenvalue weighted by Gasteiger charge is -2.29. The highest BCUT2D eigenvalue weighted by atomic mass is 16.5. The van der Waals surface area contributed by atoms with E-state index in [-0.39, 0.29) is 5.91 Å². The number of amides is 1. The average Bonchev–Trinajstić information content (AvgIpc) is 3.07. The molecule has 1 aliphatic rings. The zero-order chi connectivity index (χ0) is 23.1. The molecule has 0 saturated carbocycles. The fraction of sp³-hybridized carbons (Fsp3) is 0.542. The van der Waals surface area contributed by atoms with Crippen LogP contribution in [0.25, 0.3) is 0 Å². The number of fused-ring (bicyclic) bond motifs is 1. The first-order valence-electron chi connectivity index (χ1n) is 11.1. The summed E-state index contributed by atoms with van der Waals surface area (Å²) in [6.45, 7) is 7.78. The second-order valence-corrected chi connectivity index (χ2v) is 8.13. The van der Waals surface area contributed by atoms with Crippen molar-refractivity contribution in [2.75, 3.05) is 33.9 Å². The van der Waals surface area contributed by atoms with Gasteiger partial charge in [0, 0.05) is 38.3 Å². The largest absolute Gasteiger partial charge is 0.493 e. The third-order valence-electron chi connectivity index (χ3n) is 6.12. The first-order chi connectivity index (χ1) is 15.5. The van der Waals surface area contributed by atoms with Gasteiger partial charge < -0.3 is 14.8 Å². The van der Waals surface area contributed by atoms with Crippen LogP contribution in [0.15, 0.2) is 12.1 Å². The smallest absolute Gasteiger partial charge is 0.220 e. The number of carbonyl (C=O) groups excluding carboxylic acids is 1. The Hall–Kier alpha value is -3.05. The van der Waals surface area contributed by atoms with Crippen LogP contribution < -0.4 is 14.8 Å². The maximum absolute atomic E-state index is 12.4. The summed E-state index contributed by atoms with van der Waals surface area (Å²) in [5, 5.41) is 16.3. The predicted molar refractivity (Wildman–Crippen MR) is 122 cm³/mol. The molecule has 2 heterocycles. The molecule has 1 aromatic carbocycles. The van der Waals surface area contributed by atoms with Gasteiger partial charge in [0.15, 0.2) is 11.5 Å². The Morgan fingerprint density at radius 1 is 1.19 bits per heavy atom. The number of benzene rings is 1. The number of ether oxygens (including phenoxy) is 2. The van der Waals surface area contributed by atoms with Crippen LogP contribution in [0.4, 0.5) is 0 Å². The molecule has 8 nitrogen and oxygen atoms in total. The highest BCUT2D eigenvalue weighted by Crippen LogP contribution is 2.33. The minimum Gasteiger partial charge on any atom is -0.493 e. The second-order valence-electron chi connectivity index (χ2n) is 8.13. The molecule has 172 valence electrons. The molecule has 1 amide bonds. The van der Waals surface area contributed by atoms with E-state index >= 15 is 0 Å². The van der Waals surface area contributed by atoms with E-state index in [0.29, 0.717) is 32.4 Å². The summed E-state index contributed by atoms with van der Waals surface area (Å²) in [7, 11) is 3.31. The number of hydrogen-bond donors (Lipinski definition) is 1. The molecule has 3 rings (SSSR count). The molecule has 0 atom stereocenters. The molecule has 0 saturated heterocycles. The second kappa shape index (κ2) is 11.0. The van der Waals surface area contributed by atoms with Crippen molar-refractivity contribution in [2.45, 2.75) is 52.6 Å². The quantitative estimate of drug-likeness (QED) is 0.612. The zero-order valence-electron chi connectivity index (χ0n) is 19.5. The van der Waals surface area contributed by atoms with E-state index in [2.05, 4.69) is 33.5 Å². The van der Waals surface area contributed by atoms with Gasteiger partial charge in [-0.1, -0.05) is 0 Å². The Balaban J connectivity index is 1.45. The number of hydrogen-bond acceptors (Lipinski definition) is 6. The van der Waals surface area contributed by atoms with Gasteiger partial charge in [0.25, 0.3) is 0 Å². The van der Waals surface area contributed by atoms with Gasteiger partial charge in [-0.15, -0.1) is 0 Å². The zero-order valence-corrected chi connectivity index (χ0v) is 19.5. The van der Waals surface area contributed by atoms with Crippen molar-refractivity contribution in [3.05, 3.63) is 40.2 Å². The van der Waals surface area contributed by atoms with Crippen LogP contribution in [0.2, 0.25) is 0 Å². The number of carbonyl (C=O) groups is 1.